The quantitative estimate of drug-likeness (QED) is 0.137. The van der Waals surface area contributed by atoms with Gasteiger partial charge in [0.1, 0.15) is 17.7 Å². The first kappa shape index (κ1) is 61.3. The highest BCUT2D eigenvalue weighted by Crippen LogP contribution is 2.36. The van der Waals surface area contributed by atoms with Gasteiger partial charge >= 0.3 is 12.1 Å². The van der Waals surface area contributed by atoms with Crippen molar-refractivity contribution in [2.75, 3.05) is 66.5 Å². The number of hydrogen-bond acceptors (Lipinski definition) is 10. The molecule has 2 aliphatic carbocycles. The van der Waals surface area contributed by atoms with Gasteiger partial charge < -0.3 is 45.8 Å². The third kappa shape index (κ3) is 18.0. The number of ether oxygens (including phenoxy) is 1. The zero-order valence-corrected chi connectivity index (χ0v) is 46.2. The third-order valence-electron chi connectivity index (χ3n) is 17.2. The predicted octanol–water partition coefficient (Wildman–Crippen LogP) is 7.85. The lowest BCUT2D eigenvalue weighted by Gasteiger charge is -2.41. The molecule has 6 aliphatic rings. The number of carbonyl (C=O) groups excluding carboxylic acids is 4. The largest absolute Gasteiger partial charge is 0.480 e. The average Bonchev–Trinajstić information content (AvgIpc) is 4.05. The molecule has 0 radical (unpaired) electrons. The summed E-state index contributed by atoms with van der Waals surface area (Å²) in [5.41, 5.74) is 8.62. The molecule has 0 bridgehead atoms. The van der Waals surface area contributed by atoms with E-state index in [0.717, 1.165) is 109 Å². The number of fused-ring (bicyclic) bond motifs is 2. The van der Waals surface area contributed by atoms with Crippen LogP contribution in [0, 0.1) is 23.7 Å². The lowest BCUT2D eigenvalue weighted by atomic mass is 9.83. The maximum absolute atomic E-state index is 13.9. The van der Waals surface area contributed by atoms with E-state index in [1.165, 1.54) is 76.6 Å². The second kappa shape index (κ2) is 29.8. The maximum atomic E-state index is 13.9. The van der Waals surface area contributed by atoms with Gasteiger partial charge in [-0.2, -0.15) is 0 Å². The Bertz CT molecular complexity index is 2060. The fraction of sp³-hybridized carbons (Fsp3) is 0.717. The van der Waals surface area contributed by atoms with Gasteiger partial charge in [-0.1, -0.05) is 107 Å². The summed E-state index contributed by atoms with van der Waals surface area (Å²) in [5, 5.41) is 14.8. The molecule has 75 heavy (non-hydrogen) atoms. The van der Waals surface area contributed by atoms with E-state index in [1.54, 1.807) is 27.8 Å². The smallest absolute Gasteiger partial charge is 0.410 e. The number of piperidine rings is 2. The van der Waals surface area contributed by atoms with E-state index >= 15 is 0 Å². The second-order valence-electron chi connectivity index (χ2n) is 23.4. The molecule has 0 aromatic heterocycles. The van der Waals surface area contributed by atoms with Gasteiger partial charge in [-0.3, -0.25) is 19.3 Å². The molecule has 4 heterocycles. The second-order valence-corrected chi connectivity index (χ2v) is 23.4. The predicted molar refractivity (Wildman–Crippen MR) is 299 cm³/mol. The fourth-order valence-corrected chi connectivity index (χ4v) is 12.2. The van der Waals surface area contributed by atoms with Crippen LogP contribution in [0.2, 0.25) is 0 Å². The van der Waals surface area contributed by atoms with Gasteiger partial charge in [-0.05, 0) is 154 Å². The molecule has 8 rings (SSSR count). The minimum Gasteiger partial charge on any atom is -0.480 e. The number of rotatable bonds is 15. The monoisotopic (exact) mass is 1040 g/mol. The molecule has 15 nitrogen and oxygen atoms in total. The molecular weight excluding hydrogens is 945 g/mol. The van der Waals surface area contributed by atoms with E-state index in [4.69, 9.17) is 15.6 Å². The topological polar surface area (TPSA) is 181 Å². The Kier molecular flexibility index (Phi) is 24.4. The van der Waals surface area contributed by atoms with Crippen molar-refractivity contribution in [1.29, 1.82) is 0 Å². The minimum absolute atomic E-state index is 0. The lowest BCUT2D eigenvalue weighted by molar-refractivity contribution is -0.142. The summed E-state index contributed by atoms with van der Waals surface area (Å²) in [6.45, 7) is 16.6. The van der Waals surface area contributed by atoms with Crippen LogP contribution in [0.25, 0.3) is 0 Å². The molecule has 0 spiro atoms. The standard InChI is InChI=1S/C27H42N4O2.C23H35N3O.C9H17NO4.CH4/c1-20(28-2)26(32)29-25(23-11-7-4-8-12-23)27(33)31-18-15-22-14-17-30(19-24(22)31)16-13-21-9-5-3-6-10-21;24-22(20-9-5-2-6-10-20)23(27)26-16-13-19-12-15-25(17-21(19)26)14-11-18-7-3-1-4-8-18;1-6(7(11)12)10(5)8(13)14-9(2,3)4;/h3,5-6,9-10,20,22-25,28H,4,7-8,11-19H2,1-2H3,(H,29,32);1,3-4,7-8,19-22H,2,5-6,9-17,24H2;6H,1-5H3,(H,11,12);1H4/t20-,22+,24+,25-;19-,21-,22+;6-;/m010./s1. The highest BCUT2D eigenvalue weighted by molar-refractivity contribution is 5.90. The Balaban J connectivity index is 0.000000223. The van der Waals surface area contributed by atoms with Crippen molar-refractivity contribution in [2.45, 2.75) is 187 Å². The van der Waals surface area contributed by atoms with Crippen molar-refractivity contribution in [3.05, 3.63) is 71.8 Å². The molecule has 15 heteroatoms. The van der Waals surface area contributed by atoms with Crippen LogP contribution >= 0.6 is 0 Å². The van der Waals surface area contributed by atoms with E-state index in [2.05, 4.69) is 90.9 Å². The van der Waals surface area contributed by atoms with E-state index in [-0.39, 0.29) is 55.2 Å². The number of hydrogen-bond donors (Lipinski definition) is 4. The summed E-state index contributed by atoms with van der Waals surface area (Å²) in [4.78, 5) is 72.2. The number of nitrogens with one attached hydrogen (secondary N) is 2. The molecule has 2 saturated carbocycles. The molecule has 4 amide bonds. The van der Waals surface area contributed by atoms with Crippen molar-refractivity contribution >= 4 is 29.8 Å². The zero-order valence-electron chi connectivity index (χ0n) is 46.2. The number of amides is 4. The van der Waals surface area contributed by atoms with Gasteiger partial charge in [-0.25, -0.2) is 9.59 Å². The number of aliphatic carboxylic acids is 1. The Labute approximate surface area is 451 Å². The highest BCUT2D eigenvalue weighted by atomic mass is 16.6. The maximum Gasteiger partial charge on any atom is 0.410 e. The first-order valence-electron chi connectivity index (χ1n) is 28.5. The highest BCUT2D eigenvalue weighted by Gasteiger charge is 2.45. The van der Waals surface area contributed by atoms with Crippen LogP contribution < -0.4 is 16.4 Å². The van der Waals surface area contributed by atoms with Gasteiger partial charge in [0.2, 0.25) is 17.7 Å². The number of likely N-dealkylation sites (tertiary alicyclic amines) is 4. The van der Waals surface area contributed by atoms with Crippen LogP contribution in [0.4, 0.5) is 4.79 Å². The van der Waals surface area contributed by atoms with Gasteiger partial charge in [0.25, 0.3) is 0 Å². The molecule has 8 atom stereocenters. The van der Waals surface area contributed by atoms with Crippen LogP contribution in [0.15, 0.2) is 60.7 Å². The van der Waals surface area contributed by atoms with Crippen molar-refractivity contribution in [3.8, 4) is 0 Å². The van der Waals surface area contributed by atoms with Crippen LogP contribution in [0.3, 0.4) is 0 Å². The molecule has 2 aromatic rings. The average molecular weight is 1040 g/mol. The summed E-state index contributed by atoms with van der Waals surface area (Å²) in [6.07, 6.45) is 17.9. The van der Waals surface area contributed by atoms with E-state index in [0.29, 0.717) is 23.8 Å². The molecule has 0 unspecified atom stereocenters. The zero-order chi connectivity index (χ0) is 53.4. The Morgan fingerprint density at radius 3 is 1.56 bits per heavy atom. The van der Waals surface area contributed by atoms with Gasteiger partial charge in [0, 0.05) is 58.4 Å². The fourth-order valence-electron chi connectivity index (χ4n) is 12.2. The van der Waals surface area contributed by atoms with Crippen LogP contribution in [0.1, 0.15) is 143 Å². The van der Waals surface area contributed by atoms with E-state index < -0.39 is 23.7 Å². The van der Waals surface area contributed by atoms with Gasteiger partial charge in [0.15, 0.2) is 0 Å². The minimum atomic E-state index is -1.06. The lowest BCUT2D eigenvalue weighted by Crippen LogP contribution is -2.58. The number of likely N-dealkylation sites (N-methyl/N-ethyl adjacent to an activating group) is 2. The summed E-state index contributed by atoms with van der Waals surface area (Å²) in [7, 11) is 3.19. The molecule has 5 N–H and O–H groups in total. The van der Waals surface area contributed by atoms with Crippen molar-refractivity contribution < 1.29 is 33.8 Å². The number of carboxylic acid groups (broad SMARTS) is 1. The van der Waals surface area contributed by atoms with Crippen molar-refractivity contribution in [2.24, 2.45) is 29.4 Å². The first-order chi connectivity index (χ1) is 35.4. The van der Waals surface area contributed by atoms with Gasteiger partial charge in [-0.15, -0.1) is 0 Å². The number of carbonyl (C=O) groups is 5. The molecule has 2 aromatic carbocycles. The Morgan fingerprint density at radius 1 is 0.680 bits per heavy atom. The number of benzene rings is 2. The third-order valence-corrected chi connectivity index (χ3v) is 17.2. The number of carboxylic acids is 1. The summed E-state index contributed by atoms with van der Waals surface area (Å²) >= 11 is 0. The summed E-state index contributed by atoms with van der Waals surface area (Å²) < 4.78 is 4.99. The van der Waals surface area contributed by atoms with E-state index in [1.807, 2.05) is 6.92 Å². The molecule has 420 valence electrons. The summed E-state index contributed by atoms with van der Waals surface area (Å²) in [6, 6.07) is 20.2. The normalized spacial score (nSPS) is 24.0. The number of nitrogens with zero attached hydrogens (tertiary/aromatic N) is 5. The van der Waals surface area contributed by atoms with Gasteiger partial charge in [0.05, 0.1) is 12.1 Å². The van der Waals surface area contributed by atoms with Crippen molar-refractivity contribution in [3.63, 3.8) is 0 Å². The van der Waals surface area contributed by atoms with E-state index in [9.17, 15) is 24.0 Å². The Hall–Kier alpha value is -4.57. The summed E-state index contributed by atoms with van der Waals surface area (Å²) in [5.74, 6) is 1.22. The first-order valence-corrected chi connectivity index (χ1v) is 28.5. The Morgan fingerprint density at radius 2 is 1.12 bits per heavy atom. The number of nitrogens with two attached hydrogens (primary N) is 1. The molecular formula is C60H98N8O7. The molecule has 6 fully saturated rings. The molecule has 4 aliphatic heterocycles. The van der Waals surface area contributed by atoms with Crippen molar-refractivity contribution in [1.82, 2.24) is 35.1 Å². The SMILES string of the molecule is C.CN[C@@H](C)C(=O)N[C@H](C(=O)N1CC[C@H]2CCN(CCc3ccccc3)C[C@H]21)C1CCCCC1.C[C@@H](C(=O)O)N(C)C(=O)OC(C)(C)C.N[C@H](C(=O)N1CC[C@H]2CCN(CCc3ccccc3)C[C@H]21)C1CCCCC1. The molecule has 4 saturated heterocycles. The van der Waals surface area contributed by atoms with Crippen LogP contribution in [-0.2, 0) is 36.8 Å². The van der Waals surface area contributed by atoms with Crippen LogP contribution in [-0.4, -0.2) is 168 Å². The van der Waals surface area contributed by atoms with Crippen LogP contribution in [0.5, 0.6) is 0 Å².